The van der Waals surface area contributed by atoms with Crippen LogP contribution in [0.25, 0.3) is 11.1 Å². The van der Waals surface area contributed by atoms with Crippen molar-refractivity contribution < 1.29 is 27.8 Å². The average molecular weight is 562 g/mol. The van der Waals surface area contributed by atoms with Crippen molar-refractivity contribution in [2.75, 3.05) is 30.3 Å². The summed E-state index contributed by atoms with van der Waals surface area (Å²) in [4.78, 5) is 21.4. The second kappa shape index (κ2) is 10.5. The van der Waals surface area contributed by atoms with E-state index >= 15 is 0 Å². The molecule has 1 aromatic heterocycles. The third kappa shape index (κ3) is 5.89. The zero-order valence-electron chi connectivity index (χ0n) is 20.8. The number of carbonyl (C=O) groups is 1. The summed E-state index contributed by atoms with van der Waals surface area (Å²) in [7, 11) is 0. The average Bonchev–Trinajstić information content (AvgIpc) is 3.31. The number of hydrogen-bond acceptors (Lipinski definition) is 7. The van der Waals surface area contributed by atoms with Gasteiger partial charge in [-0.25, -0.2) is 0 Å². The third-order valence-electron chi connectivity index (χ3n) is 7.43. The lowest BCUT2D eigenvalue weighted by atomic mass is 9.76. The van der Waals surface area contributed by atoms with E-state index in [0.717, 1.165) is 0 Å². The molecule has 2 aliphatic rings. The summed E-state index contributed by atoms with van der Waals surface area (Å²) >= 11 is 6.12. The fraction of sp³-hybridized carbons (Fsp3) is 0.370. The van der Waals surface area contributed by atoms with Crippen molar-refractivity contribution in [3.05, 3.63) is 65.2 Å². The topological polar surface area (TPSA) is 114 Å². The number of nitrogens with two attached hydrogens (primary N) is 1. The van der Waals surface area contributed by atoms with Gasteiger partial charge in [-0.1, -0.05) is 48.0 Å². The van der Waals surface area contributed by atoms with E-state index in [0.29, 0.717) is 55.8 Å². The van der Waals surface area contributed by atoms with Gasteiger partial charge >= 0.3 is 12.1 Å². The van der Waals surface area contributed by atoms with Crippen LogP contribution in [-0.2, 0) is 4.79 Å². The Hall–Kier alpha value is -3.57. The van der Waals surface area contributed by atoms with E-state index in [2.05, 4.69) is 15.3 Å². The number of rotatable bonds is 6. The lowest BCUT2D eigenvalue weighted by Gasteiger charge is -2.39. The number of aliphatic carboxylic acids is 1. The largest absolute Gasteiger partial charge is 0.480 e. The quantitative estimate of drug-likeness (QED) is 0.381. The van der Waals surface area contributed by atoms with Crippen LogP contribution in [0, 0.1) is 5.41 Å². The number of nitrogen functional groups attached to an aromatic ring is 1. The number of nitrogens with zero attached hydrogens (tertiary/aromatic N) is 3. The van der Waals surface area contributed by atoms with E-state index < -0.39 is 24.3 Å². The number of halogens is 4. The smallest absolute Gasteiger partial charge is 0.429 e. The second-order valence-electron chi connectivity index (χ2n) is 10.0. The molecule has 2 saturated heterocycles. The maximum absolute atomic E-state index is 14.4. The van der Waals surface area contributed by atoms with Crippen molar-refractivity contribution in [2.24, 2.45) is 5.41 Å². The molecule has 3 aromatic rings. The van der Waals surface area contributed by atoms with Crippen LogP contribution in [0.15, 0.2) is 54.6 Å². The number of hydrogen-bond donors (Lipinski definition) is 3. The summed E-state index contributed by atoms with van der Waals surface area (Å²) in [5.41, 5.74) is 6.52. The molecule has 4 N–H and O–H groups in total. The number of nitrogens with one attached hydrogen (secondary N) is 1. The molecule has 8 nitrogen and oxygen atoms in total. The van der Waals surface area contributed by atoms with Gasteiger partial charge < -0.3 is 25.8 Å². The molecule has 2 atom stereocenters. The molecule has 0 radical (unpaired) electrons. The molecule has 0 bridgehead atoms. The molecule has 206 valence electrons. The van der Waals surface area contributed by atoms with Crippen molar-refractivity contribution in [1.82, 2.24) is 15.3 Å². The highest BCUT2D eigenvalue weighted by Gasteiger charge is 2.46. The first-order valence-corrected chi connectivity index (χ1v) is 12.8. The minimum atomic E-state index is -4.79. The Morgan fingerprint density at radius 1 is 1.15 bits per heavy atom. The molecular formula is C27H27ClF3N5O3. The predicted octanol–water partition coefficient (Wildman–Crippen LogP) is 5.09. The molecule has 1 spiro atoms. The third-order valence-corrected chi connectivity index (χ3v) is 7.67. The number of aromatic nitrogens is 2. The lowest BCUT2D eigenvalue weighted by Crippen LogP contribution is -2.41. The Balaban J connectivity index is 1.40. The molecule has 1 unspecified atom stereocenters. The van der Waals surface area contributed by atoms with Gasteiger partial charge in [-0.05, 0) is 47.9 Å². The molecule has 0 saturated carbocycles. The first kappa shape index (κ1) is 27.0. The predicted molar refractivity (Wildman–Crippen MR) is 141 cm³/mol. The Labute approximate surface area is 228 Å². The number of piperidine rings is 1. The number of carboxylic acid groups (broad SMARTS) is 1. The number of carboxylic acids is 1. The van der Waals surface area contributed by atoms with Gasteiger partial charge in [0, 0.05) is 36.3 Å². The minimum absolute atomic E-state index is 0.138. The molecule has 0 amide bonds. The van der Waals surface area contributed by atoms with Crippen LogP contribution in [0.2, 0.25) is 5.02 Å². The van der Waals surface area contributed by atoms with E-state index in [1.807, 2.05) is 4.90 Å². The van der Waals surface area contributed by atoms with Gasteiger partial charge in [0.05, 0.1) is 0 Å². The van der Waals surface area contributed by atoms with Gasteiger partial charge in [-0.2, -0.15) is 23.1 Å². The van der Waals surface area contributed by atoms with Crippen LogP contribution in [-0.4, -0.2) is 52.9 Å². The van der Waals surface area contributed by atoms with Gasteiger partial charge in [0.25, 0.3) is 0 Å². The minimum Gasteiger partial charge on any atom is -0.480 e. The Kier molecular flexibility index (Phi) is 7.30. The standard InChI is InChI=1S/C27H27ClF3N5O3/c28-17-6-7-18(16-4-2-1-3-5-16)19(12-17)23(27(29,30)31)39-22-13-21(34-25(32)35-22)36-10-8-26(9-11-36)14-20(24(37)38)33-15-26/h1-7,12-13,20,23,33H,8-11,14-15H2,(H,37,38)(H2,32,34,35)/t20?,23-/m1/s1. The van der Waals surface area contributed by atoms with E-state index in [9.17, 15) is 23.1 Å². The molecular weight excluding hydrogens is 535 g/mol. The van der Waals surface area contributed by atoms with Crippen molar-refractivity contribution in [1.29, 1.82) is 0 Å². The Morgan fingerprint density at radius 2 is 1.87 bits per heavy atom. The van der Waals surface area contributed by atoms with Crippen molar-refractivity contribution in [3.63, 3.8) is 0 Å². The Morgan fingerprint density at radius 3 is 2.51 bits per heavy atom. The van der Waals surface area contributed by atoms with Gasteiger partial charge in [0.1, 0.15) is 11.9 Å². The fourth-order valence-corrected chi connectivity index (χ4v) is 5.57. The van der Waals surface area contributed by atoms with E-state index in [4.69, 9.17) is 22.1 Å². The summed E-state index contributed by atoms with van der Waals surface area (Å²) < 4.78 is 48.8. The maximum Gasteiger partial charge on any atom is 0.429 e. The number of anilines is 2. The van der Waals surface area contributed by atoms with Gasteiger partial charge in [0.2, 0.25) is 17.9 Å². The highest BCUT2D eigenvalue weighted by atomic mass is 35.5. The highest BCUT2D eigenvalue weighted by molar-refractivity contribution is 6.30. The number of ether oxygens (including phenoxy) is 1. The van der Waals surface area contributed by atoms with Crippen LogP contribution in [0.4, 0.5) is 24.9 Å². The molecule has 5 rings (SSSR count). The summed E-state index contributed by atoms with van der Waals surface area (Å²) in [5.74, 6) is -1.04. The van der Waals surface area contributed by atoms with Crippen LogP contribution >= 0.6 is 11.6 Å². The molecule has 0 aliphatic carbocycles. The monoisotopic (exact) mass is 561 g/mol. The van der Waals surface area contributed by atoms with E-state index in [1.54, 1.807) is 30.3 Å². The normalized spacial score (nSPS) is 19.7. The van der Waals surface area contributed by atoms with E-state index in [-0.39, 0.29) is 27.8 Å². The van der Waals surface area contributed by atoms with Crippen LogP contribution < -0.4 is 20.7 Å². The SMILES string of the molecule is Nc1nc(O[C@H](c2cc(Cl)ccc2-c2ccccc2)C(F)(F)F)cc(N2CCC3(CC2)CNC(C(=O)O)C3)n1. The molecule has 12 heteroatoms. The molecule has 2 aliphatic heterocycles. The molecule has 3 heterocycles. The summed E-state index contributed by atoms with van der Waals surface area (Å²) in [5, 5.41) is 12.5. The molecule has 2 aromatic carbocycles. The van der Waals surface area contributed by atoms with Gasteiger partial charge in [-0.15, -0.1) is 0 Å². The number of benzene rings is 2. The van der Waals surface area contributed by atoms with Gasteiger partial charge in [0.15, 0.2) is 0 Å². The van der Waals surface area contributed by atoms with Crippen LogP contribution in [0.1, 0.15) is 30.9 Å². The van der Waals surface area contributed by atoms with Crippen molar-refractivity contribution >= 4 is 29.3 Å². The highest BCUT2D eigenvalue weighted by Crippen LogP contribution is 2.43. The first-order chi connectivity index (χ1) is 18.5. The molecule has 39 heavy (non-hydrogen) atoms. The van der Waals surface area contributed by atoms with Gasteiger partial charge in [-0.3, -0.25) is 4.79 Å². The van der Waals surface area contributed by atoms with Crippen LogP contribution in [0.5, 0.6) is 5.88 Å². The first-order valence-electron chi connectivity index (χ1n) is 12.5. The summed E-state index contributed by atoms with van der Waals surface area (Å²) in [6.45, 7) is 1.69. The number of alkyl halides is 3. The molecule has 2 fully saturated rings. The van der Waals surface area contributed by atoms with Crippen molar-refractivity contribution in [2.45, 2.75) is 37.6 Å². The van der Waals surface area contributed by atoms with E-state index in [1.165, 1.54) is 24.3 Å². The summed E-state index contributed by atoms with van der Waals surface area (Å²) in [6, 6.07) is 13.8. The maximum atomic E-state index is 14.4. The Bertz CT molecular complexity index is 1350. The van der Waals surface area contributed by atoms with Crippen molar-refractivity contribution in [3.8, 4) is 17.0 Å². The zero-order valence-corrected chi connectivity index (χ0v) is 21.5. The zero-order chi connectivity index (χ0) is 27.8. The van der Waals surface area contributed by atoms with Crippen LogP contribution in [0.3, 0.4) is 0 Å². The second-order valence-corrected chi connectivity index (χ2v) is 10.5. The lowest BCUT2D eigenvalue weighted by molar-refractivity contribution is -0.198. The summed E-state index contributed by atoms with van der Waals surface area (Å²) in [6.07, 6.45) is -5.21. The fourth-order valence-electron chi connectivity index (χ4n) is 5.39.